The zero-order valence-corrected chi connectivity index (χ0v) is 12.9. The van der Waals surface area contributed by atoms with Crippen LogP contribution in [0.1, 0.15) is 36.2 Å². The van der Waals surface area contributed by atoms with Gasteiger partial charge in [0.15, 0.2) is 0 Å². The minimum atomic E-state index is -0.659. The summed E-state index contributed by atoms with van der Waals surface area (Å²) in [4.78, 5) is 24.3. The van der Waals surface area contributed by atoms with Crippen molar-refractivity contribution in [3.05, 3.63) is 42.0 Å². The van der Waals surface area contributed by atoms with E-state index in [4.69, 9.17) is 5.26 Å². The second kappa shape index (κ2) is 8.63. The van der Waals surface area contributed by atoms with Gasteiger partial charge in [0.05, 0.1) is 6.07 Å². The summed E-state index contributed by atoms with van der Waals surface area (Å²) in [5, 5.41) is 13.8. The molecule has 1 atom stereocenters. The van der Waals surface area contributed by atoms with E-state index in [1.807, 2.05) is 26.0 Å². The van der Waals surface area contributed by atoms with Gasteiger partial charge in [-0.25, -0.2) is 0 Å². The maximum atomic E-state index is 12.3. The molecule has 22 heavy (non-hydrogen) atoms. The largest absolute Gasteiger partial charge is 0.341 e. The van der Waals surface area contributed by atoms with Gasteiger partial charge in [-0.2, -0.15) is 5.26 Å². The molecule has 0 aliphatic heterocycles. The molecule has 1 aromatic carbocycles. The van der Waals surface area contributed by atoms with Gasteiger partial charge in [-0.1, -0.05) is 38.6 Å². The summed E-state index contributed by atoms with van der Waals surface area (Å²) in [5.74, 6) is -0.428. The topological polar surface area (TPSA) is 82.0 Å². The second-order valence-electron chi connectivity index (χ2n) is 5.36. The number of nitriles is 1. The van der Waals surface area contributed by atoms with Crippen molar-refractivity contribution in [1.29, 1.82) is 5.26 Å². The molecule has 116 valence electrons. The molecule has 0 unspecified atom stereocenters. The molecule has 0 radical (unpaired) electrons. The summed E-state index contributed by atoms with van der Waals surface area (Å²) in [6, 6.07) is 8.19. The van der Waals surface area contributed by atoms with E-state index >= 15 is 0 Å². The third-order valence-electron chi connectivity index (χ3n) is 3.06. The van der Waals surface area contributed by atoms with Gasteiger partial charge in [-0.3, -0.25) is 9.59 Å². The van der Waals surface area contributed by atoms with Crippen LogP contribution in [0.25, 0.3) is 6.08 Å². The van der Waals surface area contributed by atoms with Gasteiger partial charge < -0.3 is 10.6 Å². The standard InChI is InChI=1S/C17H21N3O2/c1-4-13-6-5-7-14(11-13)16(21)20-15(10-12(2)3)17(22)19-9-8-18/h4-7,11-12,15H,1,9-10H2,2-3H3,(H,19,22)(H,20,21)/t15-/m0/s1. The van der Waals surface area contributed by atoms with Crippen molar-refractivity contribution >= 4 is 17.9 Å². The Labute approximate surface area is 131 Å². The highest BCUT2D eigenvalue weighted by Gasteiger charge is 2.22. The summed E-state index contributed by atoms with van der Waals surface area (Å²) >= 11 is 0. The van der Waals surface area contributed by atoms with Crippen LogP contribution in [-0.2, 0) is 4.79 Å². The van der Waals surface area contributed by atoms with Gasteiger partial charge in [0.1, 0.15) is 12.6 Å². The molecule has 0 bridgehead atoms. The molecule has 1 aromatic rings. The molecular weight excluding hydrogens is 278 g/mol. The molecule has 2 amide bonds. The van der Waals surface area contributed by atoms with Crippen molar-refractivity contribution in [2.45, 2.75) is 26.3 Å². The van der Waals surface area contributed by atoms with E-state index < -0.39 is 6.04 Å². The molecule has 0 aromatic heterocycles. The molecule has 0 aliphatic carbocycles. The van der Waals surface area contributed by atoms with Gasteiger partial charge in [-0.05, 0) is 30.0 Å². The third kappa shape index (κ3) is 5.41. The first kappa shape index (κ1) is 17.4. The van der Waals surface area contributed by atoms with Crippen LogP contribution >= 0.6 is 0 Å². The maximum Gasteiger partial charge on any atom is 0.251 e. The van der Waals surface area contributed by atoms with Crippen LogP contribution in [0, 0.1) is 17.2 Å². The SMILES string of the molecule is C=Cc1cccc(C(=O)N[C@@H](CC(C)C)C(=O)NCC#N)c1. The van der Waals surface area contributed by atoms with E-state index in [2.05, 4.69) is 17.2 Å². The molecule has 0 saturated heterocycles. The molecule has 1 rings (SSSR count). The van der Waals surface area contributed by atoms with Crippen LogP contribution in [0.2, 0.25) is 0 Å². The summed E-state index contributed by atoms with van der Waals surface area (Å²) < 4.78 is 0. The van der Waals surface area contributed by atoms with Crippen molar-refractivity contribution in [3.8, 4) is 6.07 Å². The van der Waals surface area contributed by atoms with Gasteiger partial charge in [0.25, 0.3) is 5.91 Å². The van der Waals surface area contributed by atoms with Crippen LogP contribution in [0.15, 0.2) is 30.8 Å². The normalized spacial score (nSPS) is 11.4. The molecule has 5 nitrogen and oxygen atoms in total. The van der Waals surface area contributed by atoms with Gasteiger partial charge in [-0.15, -0.1) is 0 Å². The first-order valence-electron chi connectivity index (χ1n) is 7.16. The Kier molecular flexibility index (Phi) is 6.84. The molecule has 0 saturated carbocycles. The average Bonchev–Trinajstić information content (AvgIpc) is 2.51. The van der Waals surface area contributed by atoms with Crippen molar-refractivity contribution < 1.29 is 9.59 Å². The zero-order chi connectivity index (χ0) is 16.5. The van der Waals surface area contributed by atoms with E-state index in [1.54, 1.807) is 24.3 Å². The fourth-order valence-corrected chi connectivity index (χ4v) is 2.00. The third-order valence-corrected chi connectivity index (χ3v) is 3.06. The number of amides is 2. The second-order valence-corrected chi connectivity index (χ2v) is 5.36. The Morgan fingerprint density at radius 1 is 1.41 bits per heavy atom. The molecule has 2 N–H and O–H groups in total. The Morgan fingerprint density at radius 3 is 2.73 bits per heavy atom. The van der Waals surface area contributed by atoms with Crippen molar-refractivity contribution in [1.82, 2.24) is 10.6 Å². The lowest BCUT2D eigenvalue weighted by Gasteiger charge is -2.19. The molecule has 5 heteroatoms. The Hall–Kier alpha value is -2.61. The number of benzene rings is 1. The maximum absolute atomic E-state index is 12.3. The lowest BCUT2D eigenvalue weighted by atomic mass is 10.0. The monoisotopic (exact) mass is 299 g/mol. The molecule has 0 spiro atoms. The predicted molar refractivity (Wildman–Crippen MR) is 85.9 cm³/mol. The van der Waals surface area contributed by atoms with Crippen molar-refractivity contribution in [3.63, 3.8) is 0 Å². The van der Waals surface area contributed by atoms with Crippen LogP contribution in [0.4, 0.5) is 0 Å². The first-order valence-corrected chi connectivity index (χ1v) is 7.16. The number of carbonyl (C=O) groups is 2. The van der Waals surface area contributed by atoms with Crippen molar-refractivity contribution in [2.24, 2.45) is 5.92 Å². The van der Waals surface area contributed by atoms with E-state index in [1.165, 1.54) is 0 Å². The summed E-state index contributed by atoms with van der Waals surface area (Å²) in [6.45, 7) is 7.53. The Bertz CT molecular complexity index is 588. The molecular formula is C17H21N3O2. The van der Waals surface area contributed by atoms with Crippen LogP contribution in [0.3, 0.4) is 0 Å². The fourth-order valence-electron chi connectivity index (χ4n) is 2.00. The van der Waals surface area contributed by atoms with Gasteiger partial charge in [0, 0.05) is 5.56 Å². The average molecular weight is 299 g/mol. The lowest BCUT2D eigenvalue weighted by molar-refractivity contribution is -0.123. The fraction of sp³-hybridized carbons (Fsp3) is 0.353. The molecule has 0 fully saturated rings. The Balaban J connectivity index is 2.83. The predicted octanol–water partition coefficient (Wildman–Crippen LogP) is 2.11. The number of hydrogen-bond acceptors (Lipinski definition) is 3. The van der Waals surface area contributed by atoms with Crippen molar-refractivity contribution in [2.75, 3.05) is 6.54 Å². The highest BCUT2D eigenvalue weighted by molar-refractivity contribution is 5.98. The summed E-state index contributed by atoms with van der Waals surface area (Å²) in [7, 11) is 0. The van der Waals surface area contributed by atoms with Crippen LogP contribution in [0.5, 0.6) is 0 Å². The molecule has 0 heterocycles. The number of hydrogen-bond donors (Lipinski definition) is 2. The smallest absolute Gasteiger partial charge is 0.251 e. The van der Waals surface area contributed by atoms with E-state index in [0.29, 0.717) is 12.0 Å². The Morgan fingerprint density at radius 2 is 2.14 bits per heavy atom. The lowest BCUT2D eigenvalue weighted by Crippen LogP contribution is -2.47. The van der Waals surface area contributed by atoms with E-state index in [0.717, 1.165) is 5.56 Å². The van der Waals surface area contributed by atoms with Gasteiger partial charge in [0.2, 0.25) is 5.91 Å². The first-order chi connectivity index (χ1) is 10.5. The summed E-state index contributed by atoms with van der Waals surface area (Å²) in [5.41, 5.74) is 1.31. The summed E-state index contributed by atoms with van der Waals surface area (Å²) in [6.07, 6.45) is 2.16. The minimum Gasteiger partial charge on any atom is -0.341 e. The van der Waals surface area contributed by atoms with E-state index in [-0.39, 0.29) is 24.3 Å². The number of nitrogens with one attached hydrogen (secondary N) is 2. The highest BCUT2D eigenvalue weighted by atomic mass is 16.2. The molecule has 0 aliphatic rings. The number of nitrogens with zero attached hydrogens (tertiary/aromatic N) is 1. The minimum absolute atomic E-state index is 0.0742. The van der Waals surface area contributed by atoms with Crippen LogP contribution < -0.4 is 10.6 Å². The van der Waals surface area contributed by atoms with Crippen LogP contribution in [-0.4, -0.2) is 24.4 Å². The zero-order valence-electron chi connectivity index (χ0n) is 12.9. The number of rotatable bonds is 7. The van der Waals surface area contributed by atoms with E-state index in [9.17, 15) is 9.59 Å². The quantitative estimate of drug-likeness (QED) is 0.757. The van der Waals surface area contributed by atoms with Gasteiger partial charge >= 0.3 is 0 Å². The number of carbonyl (C=O) groups excluding carboxylic acids is 2. The highest BCUT2D eigenvalue weighted by Crippen LogP contribution is 2.09.